The van der Waals surface area contributed by atoms with Gasteiger partial charge < -0.3 is 29.8 Å². The van der Waals surface area contributed by atoms with Gasteiger partial charge in [0.15, 0.2) is 0 Å². The van der Waals surface area contributed by atoms with Gasteiger partial charge >= 0.3 is 11.8 Å². The number of rotatable bonds is 6. The molecule has 1 atom stereocenters. The van der Waals surface area contributed by atoms with Crippen molar-refractivity contribution in [1.82, 2.24) is 9.88 Å². The number of aryl methyl sites for hydroxylation is 1. The second-order valence-corrected chi connectivity index (χ2v) is 6.49. The maximum absolute atomic E-state index is 12.2. The van der Waals surface area contributed by atoms with Gasteiger partial charge in [-0.05, 0) is 41.3 Å². The first-order valence-electron chi connectivity index (χ1n) is 8.97. The smallest absolute Gasteiger partial charge is 0.313 e. The Morgan fingerprint density at radius 3 is 2.59 bits per heavy atom. The molecule has 2 amide bonds. The van der Waals surface area contributed by atoms with E-state index in [9.17, 15) is 14.7 Å². The lowest BCUT2D eigenvalue weighted by molar-refractivity contribution is -0.136. The lowest BCUT2D eigenvalue weighted by Crippen LogP contribution is -2.37. The van der Waals surface area contributed by atoms with Crippen LogP contribution in [0.4, 0.5) is 5.69 Å². The van der Waals surface area contributed by atoms with Gasteiger partial charge in [0.2, 0.25) is 0 Å². The summed E-state index contributed by atoms with van der Waals surface area (Å²) in [5, 5.41) is 16.3. The second kappa shape index (κ2) is 8.66. The van der Waals surface area contributed by atoms with Crippen LogP contribution in [0.3, 0.4) is 0 Å². The van der Waals surface area contributed by atoms with E-state index in [1.807, 2.05) is 36.0 Å². The van der Waals surface area contributed by atoms with E-state index in [1.54, 1.807) is 24.3 Å². The molecule has 0 spiro atoms. The maximum Gasteiger partial charge on any atom is 0.313 e. The van der Waals surface area contributed by atoms with Crippen LogP contribution in [0.1, 0.15) is 11.7 Å². The number of benzene rings is 2. The average Bonchev–Trinajstić information content (AvgIpc) is 3.12. The number of methoxy groups -OCH3 is 2. The molecule has 1 unspecified atom stereocenters. The van der Waals surface area contributed by atoms with Crippen molar-refractivity contribution in [1.29, 1.82) is 0 Å². The van der Waals surface area contributed by atoms with E-state index in [2.05, 4.69) is 10.6 Å². The van der Waals surface area contributed by atoms with Crippen LogP contribution in [-0.2, 0) is 16.6 Å². The van der Waals surface area contributed by atoms with Crippen LogP contribution < -0.4 is 20.1 Å². The normalized spacial score (nSPS) is 11.7. The van der Waals surface area contributed by atoms with Crippen LogP contribution in [0.2, 0.25) is 0 Å². The molecule has 2 aromatic carbocycles. The fourth-order valence-corrected chi connectivity index (χ4v) is 2.98. The third-order valence-corrected chi connectivity index (χ3v) is 4.61. The third-order valence-electron chi connectivity index (χ3n) is 4.61. The van der Waals surface area contributed by atoms with E-state index >= 15 is 0 Å². The van der Waals surface area contributed by atoms with E-state index < -0.39 is 17.9 Å². The largest absolute Gasteiger partial charge is 0.497 e. The number of hydrogen-bond acceptors (Lipinski definition) is 5. The third kappa shape index (κ3) is 4.49. The summed E-state index contributed by atoms with van der Waals surface area (Å²) in [6.45, 7) is -0.0929. The zero-order chi connectivity index (χ0) is 21.0. The molecular formula is C21H23N3O5. The molecule has 0 saturated carbocycles. The summed E-state index contributed by atoms with van der Waals surface area (Å²) in [5.74, 6) is -0.800. The minimum absolute atomic E-state index is 0.0929. The number of aliphatic hydroxyl groups is 1. The van der Waals surface area contributed by atoms with Gasteiger partial charge in [0.25, 0.3) is 0 Å². The number of aromatic nitrogens is 1. The van der Waals surface area contributed by atoms with E-state index in [0.29, 0.717) is 22.7 Å². The molecule has 0 aliphatic carbocycles. The number of carbonyl (C=O) groups is 2. The predicted octanol–water partition coefficient (Wildman–Crippen LogP) is 1.98. The highest BCUT2D eigenvalue weighted by molar-refractivity contribution is 6.39. The molecular weight excluding hydrogens is 374 g/mol. The summed E-state index contributed by atoms with van der Waals surface area (Å²) in [5.41, 5.74) is 2.03. The van der Waals surface area contributed by atoms with Crippen molar-refractivity contribution in [2.45, 2.75) is 6.10 Å². The molecule has 8 nitrogen and oxygen atoms in total. The first kappa shape index (κ1) is 20.2. The molecule has 0 radical (unpaired) electrons. The Labute approximate surface area is 168 Å². The quantitative estimate of drug-likeness (QED) is 0.552. The fourth-order valence-electron chi connectivity index (χ4n) is 2.98. The van der Waals surface area contributed by atoms with Crippen LogP contribution in [0.5, 0.6) is 11.5 Å². The Balaban J connectivity index is 1.60. The van der Waals surface area contributed by atoms with Crippen LogP contribution in [0.25, 0.3) is 10.9 Å². The number of carbonyl (C=O) groups excluding carboxylic acids is 2. The van der Waals surface area contributed by atoms with Crippen molar-refractivity contribution in [2.24, 2.45) is 7.05 Å². The monoisotopic (exact) mass is 397 g/mol. The van der Waals surface area contributed by atoms with Gasteiger partial charge in [0.05, 0.1) is 26.0 Å². The topological polar surface area (TPSA) is 102 Å². The first-order valence-corrected chi connectivity index (χ1v) is 8.97. The molecule has 3 aromatic rings. The molecule has 8 heteroatoms. The van der Waals surface area contributed by atoms with Gasteiger partial charge in [-0.25, -0.2) is 0 Å². The summed E-state index contributed by atoms with van der Waals surface area (Å²) in [4.78, 5) is 24.3. The molecule has 0 bridgehead atoms. The minimum atomic E-state index is -0.938. The molecule has 0 aliphatic rings. The SMILES string of the molecule is COc1ccc(NC(=O)C(=O)NCC(O)c2ccc3c(ccn3C)c2)c(OC)c1. The Hall–Kier alpha value is -3.52. The lowest BCUT2D eigenvalue weighted by atomic mass is 10.1. The molecule has 152 valence electrons. The van der Waals surface area contributed by atoms with Crippen LogP contribution in [-0.4, -0.2) is 42.3 Å². The van der Waals surface area contributed by atoms with Crippen molar-refractivity contribution >= 4 is 28.4 Å². The zero-order valence-corrected chi connectivity index (χ0v) is 16.4. The first-order chi connectivity index (χ1) is 13.9. The highest BCUT2D eigenvalue weighted by atomic mass is 16.5. The Kier molecular flexibility index (Phi) is 6.04. The van der Waals surface area contributed by atoms with Gasteiger partial charge in [-0.2, -0.15) is 0 Å². The molecule has 1 heterocycles. The van der Waals surface area contributed by atoms with Gasteiger partial charge in [-0.15, -0.1) is 0 Å². The summed E-state index contributed by atoms with van der Waals surface area (Å²) < 4.78 is 12.3. The maximum atomic E-state index is 12.2. The van der Waals surface area contributed by atoms with Crippen molar-refractivity contribution in [3.8, 4) is 11.5 Å². The summed E-state index contributed by atoms with van der Waals surface area (Å²) in [7, 11) is 4.90. The molecule has 0 saturated heterocycles. The Bertz CT molecular complexity index is 1040. The van der Waals surface area contributed by atoms with Crippen molar-refractivity contribution in [3.63, 3.8) is 0 Å². The number of fused-ring (bicyclic) bond motifs is 1. The number of nitrogens with one attached hydrogen (secondary N) is 2. The molecule has 3 rings (SSSR count). The molecule has 0 aliphatic heterocycles. The number of nitrogens with zero attached hydrogens (tertiary/aromatic N) is 1. The van der Waals surface area contributed by atoms with E-state index in [4.69, 9.17) is 9.47 Å². The number of hydrogen-bond donors (Lipinski definition) is 3. The van der Waals surface area contributed by atoms with E-state index in [1.165, 1.54) is 14.2 Å². The summed E-state index contributed by atoms with van der Waals surface area (Å²) in [6, 6.07) is 12.3. The molecule has 0 fully saturated rings. The molecule has 1 aromatic heterocycles. The highest BCUT2D eigenvalue weighted by Gasteiger charge is 2.18. The number of amides is 2. The summed E-state index contributed by atoms with van der Waals surface area (Å²) in [6.07, 6.45) is 0.993. The lowest BCUT2D eigenvalue weighted by Gasteiger charge is -2.14. The predicted molar refractivity (Wildman–Crippen MR) is 109 cm³/mol. The fraction of sp³-hybridized carbons (Fsp3) is 0.238. The standard InChI is InChI=1S/C21H23N3O5/c1-24-9-8-13-10-14(4-7-17(13)24)18(25)12-22-20(26)21(27)23-16-6-5-15(28-2)11-19(16)29-3/h4-11,18,25H,12H2,1-3H3,(H,22,26)(H,23,27). The molecule has 3 N–H and O–H groups in total. The Morgan fingerprint density at radius 1 is 1.07 bits per heavy atom. The van der Waals surface area contributed by atoms with Crippen molar-refractivity contribution in [3.05, 3.63) is 54.2 Å². The van der Waals surface area contributed by atoms with Gasteiger partial charge in [-0.3, -0.25) is 9.59 Å². The minimum Gasteiger partial charge on any atom is -0.497 e. The average molecular weight is 397 g/mol. The van der Waals surface area contributed by atoms with Crippen LogP contribution in [0.15, 0.2) is 48.7 Å². The van der Waals surface area contributed by atoms with Gasteiger partial charge in [-0.1, -0.05) is 6.07 Å². The Morgan fingerprint density at radius 2 is 1.86 bits per heavy atom. The van der Waals surface area contributed by atoms with E-state index in [-0.39, 0.29) is 6.54 Å². The number of anilines is 1. The highest BCUT2D eigenvalue weighted by Crippen LogP contribution is 2.29. The zero-order valence-electron chi connectivity index (χ0n) is 16.4. The second-order valence-electron chi connectivity index (χ2n) is 6.49. The van der Waals surface area contributed by atoms with E-state index in [0.717, 1.165) is 10.9 Å². The van der Waals surface area contributed by atoms with Crippen LogP contribution >= 0.6 is 0 Å². The van der Waals surface area contributed by atoms with Gasteiger partial charge in [0, 0.05) is 31.4 Å². The van der Waals surface area contributed by atoms with Gasteiger partial charge in [0.1, 0.15) is 11.5 Å². The number of ether oxygens (including phenoxy) is 2. The summed E-state index contributed by atoms with van der Waals surface area (Å²) >= 11 is 0. The van der Waals surface area contributed by atoms with Crippen molar-refractivity contribution in [2.75, 3.05) is 26.1 Å². The number of aliphatic hydroxyl groups excluding tert-OH is 1. The molecule has 29 heavy (non-hydrogen) atoms. The van der Waals surface area contributed by atoms with Crippen LogP contribution in [0, 0.1) is 0 Å². The van der Waals surface area contributed by atoms with Crippen molar-refractivity contribution < 1.29 is 24.2 Å².